The number of nitro benzene ring substituents is 1. The molecule has 0 saturated carbocycles. The van der Waals surface area contributed by atoms with Crippen LogP contribution in [0.5, 0.6) is 0 Å². The number of hydrogen-bond donors (Lipinski definition) is 0. The molecule has 0 fully saturated rings. The first kappa shape index (κ1) is 11.2. The lowest BCUT2D eigenvalue weighted by Gasteiger charge is -2.05. The molecule has 13 heavy (non-hydrogen) atoms. The van der Waals surface area contributed by atoms with Gasteiger partial charge in [0.25, 0.3) is 5.69 Å². The summed E-state index contributed by atoms with van der Waals surface area (Å²) < 4.78 is 1.89. The minimum Gasteiger partial charge on any atom is -0.258 e. The number of halogens is 2. The molecule has 5 heteroatoms. The molecule has 1 rings (SSSR count). The number of nitrogens with zero attached hydrogens (tertiary/aromatic N) is 1. The van der Waals surface area contributed by atoms with Gasteiger partial charge in [0, 0.05) is 18.3 Å². The van der Waals surface area contributed by atoms with E-state index < -0.39 is 0 Å². The second kappa shape index (κ2) is 4.07. The van der Waals surface area contributed by atoms with E-state index in [1.54, 1.807) is 13.8 Å². The van der Waals surface area contributed by atoms with Crippen molar-refractivity contribution in [3.8, 4) is 0 Å². The average molecular weight is 403 g/mol. The summed E-state index contributed by atoms with van der Waals surface area (Å²) >= 11 is 4.23. The van der Waals surface area contributed by atoms with Crippen LogP contribution in [0.25, 0.3) is 0 Å². The average Bonchev–Trinajstić information content (AvgIpc) is 2.01. The standard InChI is InChI=1S/C8H7I2NO2/c1-4-6(9)3-7(10)5(2)8(4)11(12)13/h3H,1-2H3. The van der Waals surface area contributed by atoms with Crippen molar-refractivity contribution >= 4 is 50.9 Å². The Labute approximate surface area is 103 Å². The summed E-state index contributed by atoms with van der Waals surface area (Å²) in [5, 5.41) is 10.7. The first-order valence-electron chi connectivity index (χ1n) is 3.54. The molecule has 0 aliphatic carbocycles. The lowest BCUT2D eigenvalue weighted by Crippen LogP contribution is -1.99. The van der Waals surface area contributed by atoms with Gasteiger partial charge in [-0.25, -0.2) is 0 Å². The fourth-order valence-corrected chi connectivity index (χ4v) is 2.84. The van der Waals surface area contributed by atoms with E-state index in [9.17, 15) is 10.1 Å². The third-order valence-electron chi connectivity index (χ3n) is 1.86. The molecule has 0 aromatic heterocycles. The highest BCUT2D eigenvalue weighted by Gasteiger charge is 2.19. The van der Waals surface area contributed by atoms with Crippen molar-refractivity contribution in [1.82, 2.24) is 0 Å². The van der Waals surface area contributed by atoms with Crippen LogP contribution in [0.2, 0.25) is 0 Å². The van der Waals surface area contributed by atoms with Crippen molar-refractivity contribution in [3.63, 3.8) is 0 Å². The first-order valence-corrected chi connectivity index (χ1v) is 5.70. The highest BCUT2D eigenvalue weighted by Crippen LogP contribution is 2.30. The second-order valence-corrected chi connectivity index (χ2v) is 5.02. The number of nitro groups is 1. The van der Waals surface area contributed by atoms with E-state index in [2.05, 4.69) is 45.2 Å². The van der Waals surface area contributed by atoms with E-state index >= 15 is 0 Å². The normalized spacial score (nSPS) is 10.2. The Bertz CT molecular complexity index is 351. The van der Waals surface area contributed by atoms with Crippen LogP contribution in [0, 0.1) is 31.1 Å². The van der Waals surface area contributed by atoms with Crippen molar-refractivity contribution in [2.24, 2.45) is 0 Å². The quantitative estimate of drug-likeness (QED) is 0.410. The fourth-order valence-electron chi connectivity index (χ4n) is 1.11. The van der Waals surface area contributed by atoms with Gasteiger partial charge in [0.1, 0.15) is 0 Å². The molecule has 0 heterocycles. The van der Waals surface area contributed by atoms with Gasteiger partial charge in [-0.1, -0.05) is 0 Å². The maximum absolute atomic E-state index is 10.7. The van der Waals surface area contributed by atoms with E-state index in [-0.39, 0.29) is 10.6 Å². The largest absolute Gasteiger partial charge is 0.277 e. The minimum absolute atomic E-state index is 0.247. The predicted molar refractivity (Wildman–Crippen MR) is 68.0 cm³/mol. The van der Waals surface area contributed by atoms with Crippen LogP contribution in [-0.4, -0.2) is 4.92 Å². The Kier molecular flexibility index (Phi) is 3.50. The molecule has 0 radical (unpaired) electrons. The summed E-state index contributed by atoms with van der Waals surface area (Å²) in [6.07, 6.45) is 0. The molecule has 0 aliphatic rings. The summed E-state index contributed by atoms with van der Waals surface area (Å²) in [5.41, 5.74) is 1.75. The van der Waals surface area contributed by atoms with Crippen LogP contribution < -0.4 is 0 Å². The summed E-state index contributed by atoms with van der Waals surface area (Å²) in [6, 6.07) is 1.96. The number of rotatable bonds is 1. The van der Waals surface area contributed by atoms with Crippen LogP contribution >= 0.6 is 45.2 Å². The van der Waals surface area contributed by atoms with Gasteiger partial charge in [0.15, 0.2) is 0 Å². The molecular weight excluding hydrogens is 396 g/mol. The van der Waals surface area contributed by atoms with Crippen molar-refractivity contribution in [2.45, 2.75) is 13.8 Å². The van der Waals surface area contributed by atoms with Gasteiger partial charge < -0.3 is 0 Å². The van der Waals surface area contributed by atoms with Crippen molar-refractivity contribution in [1.29, 1.82) is 0 Å². The second-order valence-electron chi connectivity index (χ2n) is 2.70. The van der Waals surface area contributed by atoms with Gasteiger partial charge in [-0.05, 0) is 65.1 Å². The molecule has 0 spiro atoms. The molecule has 3 nitrogen and oxygen atoms in total. The van der Waals surface area contributed by atoms with Crippen molar-refractivity contribution in [2.75, 3.05) is 0 Å². The first-order chi connectivity index (χ1) is 5.95. The van der Waals surface area contributed by atoms with Gasteiger partial charge in [-0.15, -0.1) is 0 Å². The maximum atomic E-state index is 10.7. The predicted octanol–water partition coefficient (Wildman–Crippen LogP) is 3.42. The lowest BCUT2D eigenvalue weighted by atomic mass is 10.1. The summed E-state index contributed by atoms with van der Waals surface area (Å²) in [7, 11) is 0. The Balaban J connectivity index is 3.56. The molecule has 0 amide bonds. The number of benzene rings is 1. The Hall–Kier alpha value is 0.0800. The van der Waals surface area contributed by atoms with E-state index in [0.29, 0.717) is 0 Å². The van der Waals surface area contributed by atoms with Crippen LogP contribution in [0.3, 0.4) is 0 Å². The molecule has 0 bridgehead atoms. The molecule has 0 unspecified atom stereocenters. The molecule has 0 atom stereocenters. The zero-order valence-corrected chi connectivity index (χ0v) is 11.4. The zero-order valence-electron chi connectivity index (χ0n) is 7.10. The van der Waals surface area contributed by atoms with Crippen molar-refractivity contribution in [3.05, 3.63) is 34.4 Å². The maximum Gasteiger partial charge on any atom is 0.277 e. The molecular formula is C8H7I2NO2. The van der Waals surface area contributed by atoms with E-state index in [1.165, 1.54) is 0 Å². The fraction of sp³-hybridized carbons (Fsp3) is 0.250. The highest BCUT2D eigenvalue weighted by molar-refractivity contribution is 14.1. The highest BCUT2D eigenvalue weighted by atomic mass is 127. The van der Waals surface area contributed by atoms with E-state index in [1.807, 2.05) is 6.07 Å². The Morgan fingerprint density at radius 1 is 1.23 bits per heavy atom. The molecule has 1 aromatic carbocycles. The summed E-state index contributed by atoms with van der Waals surface area (Å²) in [5.74, 6) is 0. The third-order valence-corrected chi connectivity index (χ3v) is 4.10. The molecule has 0 saturated heterocycles. The topological polar surface area (TPSA) is 43.1 Å². The van der Waals surface area contributed by atoms with Gasteiger partial charge in [0.2, 0.25) is 0 Å². The lowest BCUT2D eigenvalue weighted by molar-refractivity contribution is -0.386. The molecule has 70 valence electrons. The van der Waals surface area contributed by atoms with Gasteiger partial charge in [-0.3, -0.25) is 10.1 Å². The van der Waals surface area contributed by atoms with Crippen LogP contribution in [0.4, 0.5) is 5.69 Å². The van der Waals surface area contributed by atoms with Gasteiger partial charge in [-0.2, -0.15) is 0 Å². The molecule has 0 N–H and O–H groups in total. The van der Waals surface area contributed by atoms with Crippen LogP contribution in [0.15, 0.2) is 6.07 Å². The Morgan fingerprint density at radius 3 is 1.92 bits per heavy atom. The smallest absolute Gasteiger partial charge is 0.258 e. The minimum atomic E-state index is -0.311. The van der Waals surface area contributed by atoms with Crippen LogP contribution in [0.1, 0.15) is 11.1 Å². The van der Waals surface area contributed by atoms with Gasteiger partial charge in [0.05, 0.1) is 4.92 Å². The zero-order chi connectivity index (χ0) is 10.2. The van der Waals surface area contributed by atoms with Crippen LogP contribution in [-0.2, 0) is 0 Å². The Morgan fingerprint density at radius 2 is 1.62 bits per heavy atom. The summed E-state index contributed by atoms with van der Waals surface area (Å²) in [4.78, 5) is 10.4. The molecule has 1 aromatic rings. The number of hydrogen-bond acceptors (Lipinski definition) is 2. The van der Waals surface area contributed by atoms with E-state index in [0.717, 1.165) is 18.3 Å². The van der Waals surface area contributed by atoms with E-state index in [4.69, 9.17) is 0 Å². The molecule has 0 aliphatic heterocycles. The summed E-state index contributed by atoms with van der Waals surface area (Å²) in [6.45, 7) is 3.56. The van der Waals surface area contributed by atoms with Gasteiger partial charge >= 0.3 is 0 Å². The third kappa shape index (κ3) is 2.12. The monoisotopic (exact) mass is 403 g/mol. The SMILES string of the molecule is Cc1c(I)cc(I)c(C)c1[N+](=O)[O-]. The van der Waals surface area contributed by atoms with Crippen molar-refractivity contribution < 1.29 is 4.92 Å².